The molecule has 3 atom stereocenters. The van der Waals surface area contributed by atoms with E-state index in [9.17, 15) is 31.4 Å². The van der Waals surface area contributed by atoms with E-state index in [1.807, 2.05) is 0 Å². The van der Waals surface area contributed by atoms with Gasteiger partial charge in [-0.05, 0) is 52.6 Å². The van der Waals surface area contributed by atoms with Crippen molar-refractivity contribution in [2.45, 2.75) is 24.5 Å². The number of halogens is 4. The predicted octanol–water partition coefficient (Wildman–Crippen LogP) is 5.86. The van der Waals surface area contributed by atoms with Crippen molar-refractivity contribution in [3.63, 3.8) is 0 Å². The quantitative estimate of drug-likeness (QED) is 0.271. The number of rotatable bonds is 6. The van der Waals surface area contributed by atoms with Crippen molar-refractivity contribution in [3.05, 3.63) is 82.9 Å². The van der Waals surface area contributed by atoms with Crippen LogP contribution in [0.4, 0.5) is 34.6 Å². The Labute approximate surface area is 182 Å². The maximum absolute atomic E-state index is 14.5. The number of hydrogen-bond acceptors (Lipinski definition) is 3. The highest BCUT2D eigenvalue weighted by molar-refractivity contribution is 7.99. The molecule has 0 bridgehead atoms. The lowest BCUT2D eigenvalue weighted by Gasteiger charge is -2.15. The summed E-state index contributed by atoms with van der Waals surface area (Å²) in [5.74, 6) is -4.89. The van der Waals surface area contributed by atoms with E-state index in [1.165, 1.54) is 24.3 Å². The monoisotopic (exact) mass is 467 g/mol. The number of phenolic OH excluding ortho intramolecular Hbond substituents is 1. The first kappa shape index (κ1) is 22.1. The second-order valence-electron chi connectivity index (χ2n) is 7.65. The van der Waals surface area contributed by atoms with Crippen LogP contribution in [0, 0.1) is 30.2 Å². The molecule has 10 heteroatoms. The van der Waals surface area contributed by atoms with Crippen LogP contribution in [0.15, 0.2) is 48.5 Å². The lowest BCUT2D eigenvalue weighted by atomic mass is 10.1. The first-order valence-electron chi connectivity index (χ1n) is 9.59. The first-order valence-corrected chi connectivity index (χ1v) is 11.2. The maximum Gasteiger partial charge on any atom is 0.314 e. The largest absolute Gasteiger partial charge is 0.508 e. The maximum atomic E-state index is 14.5. The van der Waals surface area contributed by atoms with Crippen molar-refractivity contribution in [1.82, 2.24) is 0 Å². The molecule has 5 nitrogen and oxygen atoms in total. The topological polar surface area (TPSA) is 81.6 Å². The first-order chi connectivity index (χ1) is 15.1. The molecule has 0 aromatic heterocycles. The molecule has 3 aromatic rings. The van der Waals surface area contributed by atoms with Crippen LogP contribution in [-0.2, 0) is 14.6 Å². The zero-order valence-electron chi connectivity index (χ0n) is 16.7. The van der Waals surface area contributed by atoms with Gasteiger partial charge in [-0.2, -0.15) is 9.27 Å². The summed E-state index contributed by atoms with van der Waals surface area (Å²) < 4.78 is 82.5. The van der Waals surface area contributed by atoms with Crippen molar-refractivity contribution in [2.75, 3.05) is 10.0 Å². The van der Waals surface area contributed by atoms with E-state index in [-0.39, 0.29) is 29.1 Å². The van der Waals surface area contributed by atoms with E-state index in [0.29, 0.717) is 5.56 Å². The van der Waals surface area contributed by atoms with Gasteiger partial charge in [-0.3, -0.25) is 0 Å². The van der Waals surface area contributed by atoms with Crippen LogP contribution < -0.4 is 10.0 Å². The fourth-order valence-electron chi connectivity index (χ4n) is 3.52. The van der Waals surface area contributed by atoms with E-state index in [0.717, 1.165) is 18.2 Å². The molecule has 1 aliphatic carbocycles. The van der Waals surface area contributed by atoms with E-state index in [1.54, 1.807) is 13.0 Å². The third-order valence-corrected chi connectivity index (χ3v) is 7.12. The molecule has 0 amide bonds. The van der Waals surface area contributed by atoms with Gasteiger partial charge in [0, 0.05) is 18.4 Å². The molecule has 168 valence electrons. The zero-order chi connectivity index (χ0) is 23.2. The van der Waals surface area contributed by atoms with Gasteiger partial charge in [-0.1, -0.05) is 12.1 Å². The van der Waals surface area contributed by atoms with Gasteiger partial charge in [0.2, 0.25) is 0 Å². The van der Waals surface area contributed by atoms with Gasteiger partial charge < -0.3 is 10.4 Å². The molecule has 1 aliphatic rings. The Morgan fingerprint density at radius 3 is 2.34 bits per heavy atom. The number of nitrogens with one attached hydrogen (secondary N) is 2. The predicted molar refractivity (Wildman–Crippen MR) is 114 cm³/mol. The Morgan fingerprint density at radius 2 is 1.66 bits per heavy atom. The van der Waals surface area contributed by atoms with E-state index >= 15 is 0 Å². The molecule has 0 aliphatic heterocycles. The lowest BCUT2D eigenvalue weighted by Crippen LogP contribution is -2.27. The Kier molecular flexibility index (Phi) is 5.59. The highest BCUT2D eigenvalue weighted by atomic mass is 32.3. The van der Waals surface area contributed by atoms with Gasteiger partial charge in [0.25, 0.3) is 0 Å². The molecule has 4 rings (SSSR count). The number of aryl methyl sites for hydroxylation is 1. The van der Waals surface area contributed by atoms with Gasteiger partial charge in [0.1, 0.15) is 28.8 Å². The van der Waals surface area contributed by atoms with Crippen LogP contribution in [0.2, 0.25) is 0 Å². The standard InChI is InChI=1S/C22H18F4N2O3S/c1-11-2-6-18(17(25)8-11)27-22-19(7-5-15(23)21(22)26)28-32(30,31)20-10-14(20)13-4-3-12(29)9-16(13)24/h2-9,14,20,27H,10H2,1H3,(H2-,28,29,30,31)/p+1. The van der Waals surface area contributed by atoms with E-state index < -0.39 is 50.5 Å². The second-order valence-corrected chi connectivity index (χ2v) is 9.60. The molecule has 3 aromatic carbocycles. The fraction of sp³-hybridized carbons (Fsp3) is 0.182. The summed E-state index contributed by atoms with van der Waals surface area (Å²) in [6.45, 7) is 1.66. The Morgan fingerprint density at radius 1 is 0.938 bits per heavy atom. The zero-order valence-corrected chi connectivity index (χ0v) is 17.5. The van der Waals surface area contributed by atoms with Gasteiger partial charge in [-0.25, -0.2) is 17.6 Å². The van der Waals surface area contributed by atoms with Gasteiger partial charge in [0.15, 0.2) is 16.9 Å². The van der Waals surface area contributed by atoms with Gasteiger partial charge >= 0.3 is 10.4 Å². The number of anilines is 3. The molecular weight excluding hydrogens is 448 g/mol. The summed E-state index contributed by atoms with van der Waals surface area (Å²) in [7, 11) is -3.88. The summed E-state index contributed by atoms with van der Waals surface area (Å²) in [4.78, 5) is 0. The average molecular weight is 467 g/mol. The van der Waals surface area contributed by atoms with Crippen LogP contribution >= 0.6 is 0 Å². The molecule has 3 unspecified atom stereocenters. The Hall–Kier alpha value is -3.11. The normalized spacial score (nSPS) is 19.3. The van der Waals surface area contributed by atoms with Crippen molar-refractivity contribution in [2.24, 2.45) is 0 Å². The summed E-state index contributed by atoms with van der Waals surface area (Å²) in [5.41, 5.74) is -0.161. The number of aromatic hydroxyl groups is 1. The van der Waals surface area contributed by atoms with Crippen molar-refractivity contribution in [3.8, 4) is 5.75 Å². The number of hydrogen-bond donors (Lipinski definition) is 4. The molecule has 1 fully saturated rings. The SMILES string of the molecule is Cc1ccc(Nc2c(N[S+](=O)(O)C3CC3c3ccc(O)cc3F)ccc(F)c2F)c(F)c1. The van der Waals surface area contributed by atoms with Crippen molar-refractivity contribution >= 4 is 27.5 Å². The average Bonchev–Trinajstić information content (AvgIpc) is 3.50. The highest BCUT2D eigenvalue weighted by Gasteiger charge is 2.58. The Bertz CT molecular complexity index is 1250. The van der Waals surface area contributed by atoms with Gasteiger partial charge in [-0.15, -0.1) is 0 Å². The van der Waals surface area contributed by atoms with Crippen LogP contribution in [0.3, 0.4) is 0 Å². The summed E-state index contributed by atoms with van der Waals surface area (Å²) in [6.07, 6.45) is 0.170. The minimum absolute atomic E-state index is 0.150. The molecular formula is C22H19F4N2O3S+. The minimum atomic E-state index is -3.88. The van der Waals surface area contributed by atoms with Crippen molar-refractivity contribution < 1.29 is 31.4 Å². The molecule has 0 spiro atoms. The fourth-order valence-corrected chi connectivity index (χ4v) is 5.21. The molecule has 4 N–H and O–H groups in total. The lowest BCUT2D eigenvalue weighted by molar-refractivity contribution is 0.468. The van der Waals surface area contributed by atoms with Crippen LogP contribution in [0.25, 0.3) is 0 Å². The third kappa shape index (κ3) is 4.28. The molecule has 0 heterocycles. The molecule has 0 saturated heterocycles. The highest BCUT2D eigenvalue weighted by Crippen LogP contribution is 2.49. The molecule has 32 heavy (non-hydrogen) atoms. The van der Waals surface area contributed by atoms with Crippen LogP contribution in [0.5, 0.6) is 5.75 Å². The van der Waals surface area contributed by atoms with Gasteiger partial charge in [0.05, 0.1) is 5.69 Å². The number of benzene rings is 3. The third-order valence-electron chi connectivity index (χ3n) is 5.26. The minimum Gasteiger partial charge on any atom is -0.508 e. The smallest absolute Gasteiger partial charge is 0.314 e. The van der Waals surface area contributed by atoms with E-state index in [2.05, 4.69) is 10.0 Å². The van der Waals surface area contributed by atoms with Crippen molar-refractivity contribution in [1.29, 1.82) is 0 Å². The Balaban J connectivity index is 1.61. The summed E-state index contributed by atoms with van der Waals surface area (Å²) in [6, 6.07) is 9.43. The number of phenols is 1. The van der Waals surface area contributed by atoms with E-state index in [4.69, 9.17) is 0 Å². The summed E-state index contributed by atoms with van der Waals surface area (Å²) >= 11 is 0. The summed E-state index contributed by atoms with van der Waals surface area (Å²) in [5, 5.41) is 10.9. The second kappa shape index (κ2) is 8.10. The molecule has 1 saturated carbocycles. The molecule has 0 radical (unpaired) electrons. The van der Waals surface area contributed by atoms with Crippen LogP contribution in [0.1, 0.15) is 23.5 Å². The van der Waals surface area contributed by atoms with Crippen LogP contribution in [-0.4, -0.2) is 14.9 Å².